The van der Waals surface area contributed by atoms with Crippen LogP contribution in [0.15, 0.2) is 0 Å². The molecule has 1 saturated carbocycles. The van der Waals surface area contributed by atoms with Crippen LogP contribution in [0, 0.1) is 5.92 Å². The molecule has 0 unspecified atom stereocenters. The maximum Gasteiger partial charge on any atom is 0.0107 e. The average Bonchev–Trinajstić information content (AvgIpc) is 1.99. The van der Waals surface area contributed by atoms with Gasteiger partial charge in [0.1, 0.15) is 0 Å². The second-order valence-corrected chi connectivity index (χ2v) is 3.85. The van der Waals surface area contributed by atoms with Crippen LogP contribution in [0.5, 0.6) is 0 Å². The molecule has 2 aliphatic rings. The van der Waals surface area contributed by atoms with Crippen LogP contribution in [-0.2, 0) is 0 Å². The Hall–Kier alpha value is 0.500. The van der Waals surface area contributed by atoms with Gasteiger partial charge >= 0.3 is 0 Å². The minimum Gasteiger partial charge on any atom is -1.00 e. The third kappa shape index (κ3) is 4.03. The van der Waals surface area contributed by atoms with Gasteiger partial charge in [0.25, 0.3) is 0 Å². The van der Waals surface area contributed by atoms with Crippen LogP contribution in [0.25, 0.3) is 0 Å². The molecule has 2 nitrogen and oxygen atoms in total. The molecule has 1 N–H and O–H groups in total. The van der Waals surface area contributed by atoms with Crippen LogP contribution in [0.4, 0.5) is 0 Å². The van der Waals surface area contributed by atoms with E-state index >= 15 is 0 Å². The monoisotopic (exact) mass is 224 g/mol. The minimum atomic E-state index is 0. The zero-order chi connectivity index (χ0) is 7.52. The highest BCUT2D eigenvalue weighted by Crippen LogP contribution is 2.26. The molecule has 2 fully saturated rings. The van der Waals surface area contributed by atoms with E-state index in [4.69, 9.17) is 0 Å². The highest BCUT2D eigenvalue weighted by Gasteiger charge is 2.21. The van der Waals surface area contributed by atoms with E-state index in [2.05, 4.69) is 10.2 Å². The number of halogens is 2. The third-order valence-electron chi connectivity index (χ3n) is 2.95. The van der Waals surface area contributed by atoms with Gasteiger partial charge in [-0.15, -0.1) is 0 Å². The van der Waals surface area contributed by atoms with E-state index in [1.54, 1.807) is 0 Å². The number of nitrogens with zero attached hydrogens (tertiary/aromatic N) is 1. The Morgan fingerprint density at radius 2 is 1.69 bits per heavy atom. The van der Waals surface area contributed by atoms with Crippen LogP contribution in [0.3, 0.4) is 0 Å². The Bertz CT molecular complexity index is 123. The lowest BCUT2D eigenvalue weighted by molar-refractivity contribution is -0.00100. The maximum absolute atomic E-state index is 3.38. The molecule has 0 spiro atoms. The van der Waals surface area contributed by atoms with Crippen molar-refractivity contribution in [3.8, 4) is 0 Å². The first-order valence-corrected chi connectivity index (χ1v) is 4.88. The van der Waals surface area contributed by atoms with Gasteiger partial charge in [0, 0.05) is 32.7 Å². The van der Waals surface area contributed by atoms with Crippen molar-refractivity contribution in [1.29, 1.82) is 0 Å². The summed E-state index contributed by atoms with van der Waals surface area (Å²) < 4.78 is 0. The van der Waals surface area contributed by atoms with Crippen molar-refractivity contribution in [2.75, 3.05) is 32.7 Å². The minimum absolute atomic E-state index is 0. The Balaban J connectivity index is 0.000000720. The first-order chi connectivity index (χ1) is 5.45. The second-order valence-electron chi connectivity index (χ2n) is 3.85. The van der Waals surface area contributed by atoms with Crippen molar-refractivity contribution >= 4 is 0 Å². The van der Waals surface area contributed by atoms with Gasteiger partial charge in [-0.05, 0) is 18.8 Å². The van der Waals surface area contributed by atoms with Crippen LogP contribution >= 0.6 is 0 Å². The Morgan fingerprint density at radius 1 is 1.08 bits per heavy atom. The van der Waals surface area contributed by atoms with Crippen molar-refractivity contribution in [3.05, 3.63) is 0 Å². The van der Waals surface area contributed by atoms with Crippen LogP contribution < -0.4 is 30.1 Å². The summed E-state index contributed by atoms with van der Waals surface area (Å²) in [5.74, 6) is 1.05. The molecule has 4 heteroatoms. The number of rotatable bonds is 2. The standard InChI is InChI=1S/C9H18N2.2ClH/c1-2-9(3-1)8-11-6-4-10-5-7-11;;/h9-10H,1-8H2;2*1H/p-2. The zero-order valence-corrected chi connectivity index (χ0v) is 9.45. The molecule has 0 amide bonds. The number of nitrogens with one attached hydrogen (secondary N) is 1. The van der Waals surface area contributed by atoms with Crippen molar-refractivity contribution in [2.45, 2.75) is 19.3 Å². The largest absolute Gasteiger partial charge is 1.00 e. The molecule has 80 valence electrons. The quantitative estimate of drug-likeness (QED) is 0.505. The molecular formula is C9H18Cl2N2-2. The molecule has 0 aromatic heterocycles. The molecule has 1 aliphatic carbocycles. The maximum atomic E-state index is 3.38. The molecule has 13 heavy (non-hydrogen) atoms. The summed E-state index contributed by atoms with van der Waals surface area (Å²) in [5, 5.41) is 3.38. The molecular weight excluding hydrogens is 207 g/mol. The van der Waals surface area contributed by atoms with Gasteiger partial charge in [-0.2, -0.15) is 0 Å². The van der Waals surface area contributed by atoms with Crippen molar-refractivity contribution < 1.29 is 24.8 Å². The smallest absolute Gasteiger partial charge is 0.0107 e. The predicted molar refractivity (Wildman–Crippen MR) is 46.7 cm³/mol. The molecule has 2 rings (SSSR count). The summed E-state index contributed by atoms with van der Waals surface area (Å²) in [6.07, 6.45) is 4.46. The summed E-state index contributed by atoms with van der Waals surface area (Å²) in [6, 6.07) is 0. The lowest BCUT2D eigenvalue weighted by Gasteiger charge is -2.34. The van der Waals surface area contributed by atoms with Gasteiger partial charge in [0.05, 0.1) is 0 Å². The van der Waals surface area contributed by atoms with E-state index < -0.39 is 0 Å². The molecule has 0 atom stereocenters. The predicted octanol–water partition coefficient (Wildman–Crippen LogP) is -5.30. The lowest BCUT2D eigenvalue weighted by atomic mass is 9.85. The van der Waals surface area contributed by atoms with E-state index in [-0.39, 0.29) is 24.8 Å². The van der Waals surface area contributed by atoms with Crippen molar-refractivity contribution in [3.63, 3.8) is 0 Å². The topological polar surface area (TPSA) is 15.3 Å². The fraction of sp³-hybridized carbons (Fsp3) is 1.00. The van der Waals surface area contributed by atoms with E-state index in [9.17, 15) is 0 Å². The molecule has 0 aromatic carbocycles. The summed E-state index contributed by atoms with van der Waals surface area (Å²) in [7, 11) is 0. The first-order valence-electron chi connectivity index (χ1n) is 4.88. The van der Waals surface area contributed by atoms with E-state index in [1.807, 2.05) is 0 Å². The summed E-state index contributed by atoms with van der Waals surface area (Å²) in [4.78, 5) is 2.61. The molecule has 1 aliphatic heterocycles. The Labute approximate surface area is 93.3 Å². The normalized spacial score (nSPS) is 24.0. The van der Waals surface area contributed by atoms with Gasteiger partial charge in [0.15, 0.2) is 0 Å². The molecule has 0 radical (unpaired) electrons. The fourth-order valence-electron chi connectivity index (χ4n) is 1.93. The van der Waals surface area contributed by atoms with Gasteiger partial charge in [-0.3, -0.25) is 0 Å². The van der Waals surface area contributed by atoms with Crippen LogP contribution in [-0.4, -0.2) is 37.6 Å². The highest BCUT2D eigenvalue weighted by molar-refractivity contribution is 4.76. The Kier molecular flexibility index (Phi) is 7.15. The van der Waals surface area contributed by atoms with E-state index in [0.29, 0.717) is 0 Å². The summed E-state index contributed by atoms with van der Waals surface area (Å²) in [5.41, 5.74) is 0. The molecule has 1 saturated heterocycles. The summed E-state index contributed by atoms with van der Waals surface area (Å²) in [6.45, 7) is 6.33. The molecule has 1 heterocycles. The fourth-order valence-corrected chi connectivity index (χ4v) is 1.93. The number of hydrogen-bond donors (Lipinski definition) is 1. The molecule has 0 bridgehead atoms. The molecule has 0 aromatic rings. The second kappa shape index (κ2) is 6.88. The van der Waals surface area contributed by atoms with Gasteiger partial charge in [-0.25, -0.2) is 0 Å². The van der Waals surface area contributed by atoms with Crippen molar-refractivity contribution in [2.24, 2.45) is 5.92 Å². The van der Waals surface area contributed by atoms with E-state index in [0.717, 1.165) is 5.92 Å². The average molecular weight is 225 g/mol. The first kappa shape index (κ1) is 13.5. The van der Waals surface area contributed by atoms with Gasteiger partial charge in [0.2, 0.25) is 0 Å². The van der Waals surface area contributed by atoms with Gasteiger partial charge in [-0.1, -0.05) is 6.42 Å². The number of piperazine rings is 1. The third-order valence-corrected chi connectivity index (χ3v) is 2.95. The SMILES string of the molecule is C1CC(CN2CCNCC2)C1.[Cl-].[Cl-]. The van der Waals surface area contributed by atoms with Gasteiger partial charge < -0.3 is 35.0 Å². The number of hydrogen-bond acceptors (Lipinski definition) is 2. The Morgan fingerprint density at radius 3 is 2.15 bits per heavy atom. The lowest BCUT2D eigenvalue weighted by Crippen LogP contribution is -3.00. The van der Waals surface area contributed by atoms with Crippen molar-refractivity contribution in [1.82, 2.24) is 10.2 Å². The zero-order valence-electron chi connectivity index (χ0n) is 7.94. The van der Waals surface area contributed by atoms with Crippen LogP contribution in [0.1, 0.15) is 19.3 Å². The van der Waals surface area contributed by atoms with Crippen LogP contribution in [0.2, 0.25) is 0 Å². The van der Waals surface area contributed by atoms with E-state index in [1.165, 1.54) is 52.0 Å². The summed E-state index contributed by atoms with van der Waals surface area (Å²) >= 11 is 0. The highest BCUT2D eigenvalue weighted by atomic mass is 35.5.